The van der Waals surface area contributed by atoms with Gasteiger partial charge in [-0.25, -0.2) is 4.68 Å². The second-order valence-electron chi connectivity index (χ2n) is 6.39. The van der Waals surface area contributed by atoms with Crippen LogP contribution in [0.5, 0.6) is 0 Å². The number of aromatic nitrogens is 2. The monoisotopic (exact) mass is 375 g/mol. The molecule has 2 aromatic rings. The summed E-state index contributed by atoms with van der Waals surface area (Å²) in [6, 6.07) is 7.10. The van der Waals surface area contributed by atoms with Gasteiger partial charge in [0, 0.05) is 22.3 Å². The number of hydrogen-bond acceptors (Lipinski definition) is 4. The summed E-state index contributed by atoms with van der Waals surface area (Å²) in [4.78, 5) is 14.3. The first-order chi connectivity index (χ1) is 12.0. The fourth-order valence-electron chi connectivity index (χ4n) is 3.80. The molecule has 0 radical (unpaired) electrons. The summed E-state index contributed by atoms with van der Waals surface area (Å²) in [5.41, 5.74) is 1.01. The molecule has 4 rings (SSSR count). The fraction of sp³-hybridized carbons (Fsp3) is 0.353. The summed E-state index contributed by atoms with van der Waals surface area (Å²) in [5.74, 6) is -0.234. The minimum Gasteiger partial charge on any atom is -0.346 e. The van der Waals surface area contributed by atoms with Crippen LogP contribution < -0.4 is 5.32 Å². The van der Waals surface area contributed by atoms with Crippen LogP contribution in [0.4, 0.5) is 0 Å². The van der Waals surface area contributed by atoms with Crippen LogP contribution in [0.1, 0.15) is 29.8 Å². The van der Waals surface area contributed by atoms with Crippen molar-refractivity contribution in [3.05, 3.63) is 46.2 Å². The number of carbonyl (C=O) groups is 1. The molecular weight excluding hydrogens is 361 g/mol. The van der Waals surface area contributed by atoms with Gasteiger partial charge in [-0.2, -0.15) is 10.4 Å². The van der Waals surface area contributed by atoms with Gasteiger partial charge in [-0.1, -0.05) is 23.2 Å². The van der Waals surface area contributed by atoms with Crippen molar-refractivity contribution in [2.45, 2.75) is 37.4 Å². The Balaban J connectivity index is 1.49. The Labute approximate surface area is 154 Å². The largest absolute Gasteiger partial charge is 0.346 e. The Morgan fingerprint density at radius 3 is 2.72 bits per heavy atom. The molecule has 2 bridgehead atoms. The topological polar surface area (TPSA) is 74.0 Å². The zero-order valence-corrected chi connectivity index (χ0v) is 14.7. The normalized spacial score (nSPS) is 24.4. The maximum atomic E-state index is 12.5. The van der Waals surface area contributed by atoms with Gasteiger partial charge in [0.15, 0.2) is 11.9 Å². The fourth-order valence-corrected chi connectivity index (χ4v) is 4.32. The molecule has 2 aliphatic heterocycles. The van der Waals surface area contributed by atoms with Crippen molar-refractivity contribution < 1.29 is 4.79 Å². The molecule has 25 heavy (non-hydrogen) atoms. The number of nitrogens with one attached hydrogen (secondary N) is 1. The highest BCUT2D eigenvalue weighted by Crippen LogP contribution is 2.37. The molecule has 1 aromatic carbocycles. The predicted octanol–water partition coefficient (Wildman–Crippen LogP) is 3.00. The number of nitrogens with zero attached hydrogens (tertiary/aromatic N) is 4. The van der Waals surface area contributed by atoms with Gasteiger partial charge in [-0.15, -0.1) is 0 Å². The molecule has 8 heteroatoms. The van der Waals surface area contributed by atoms with Crippen LogP contribution in [0.3, 0.4) is 0 Å². The third kappa shape index (κ3) is 2.94. The SMILES string of the molecule is N#CN1[C@H]2CC[C@@H]1[C@H](NC(=O)c1ccn(-c3cc(Cl)cc(Cl)c3)n1)C2. The number of rotatable bonds is 3. The molecule has 1 amide bonds. The van der Waals surface area contributed by atoms with Gasteiger partial charge in [0.25, 0.3) is 5.91 Å². The van der Waals surface area contributed by atoms with E-state index in [-0.39, 0.29) is 24.0 Å². The molecule has 1 N–H and O–H groups in total. The number of nitriles is 1. The van der Waals surface area contributed by atoms with Crippen molar-refractivity contribution in [2.75, 3.05) is 0 Å². The van der Waals surface area contributed by atoms with Crippen LogP contribution in [-0.2, 0) is 0 Å². The maximum absolute atomic E-state index is 12.5. The number of carbonyl (C=O) groups excluding carboxylic acids is 1. The Kier molecular flexibility index (Phi) is 4.06. The first-order valence-corrected chi connectivity index (χ1v) is 8.82. The number of benzene rings is 1. The van der Waals surface area contributed by atoms with E-state index >= 15 is 0 Å². The van der Waals surface area contributed by atoms with Crippen LogP contribution in [0.15, 0.2) is 30.5 Å². The third-order valence-electron chi connectivity index (χ3n) is 4.90. The molecule has 2 saturated heterocycles. The maximum Gasteiger partial charge on any atom is 0.272 e. The molecule has 128 valence electrons. The van der Waals surface area contributed by atoms with Crippen molar-refractivity contribution in [3.63, 3.8) is 0 Å². The standard InChI is InChI=1S/C17H15Cl2N5O/c18-10-5-11(19)7-13(6-10)24-4-3-14(22-24)17(25)21-15-8-12-1-2-16(15)23(12)9-20/h3-7,12,15-16H,1-2,8H2,(H,21,25)/t12-,15+,16+/m0/s1. The molecule has 0 unspecified atom stereocenters. The van der Waals surface area contributed by atoms with Gasteiger partial charge in [0.1, 0.15) is 0 Å². The predicted molar refractivity (Wildman–Crippen MR) is 93.7 cm³/mol. The number of amides is 1. The Bertz CT molecular complexity index is 854. The zero-order valence-electron chi connectivity index (χ0n) is 13.2. The van der Waals surface area contributed by atoms with E-state index in [0.29, 0.717) is 21.4 Å². The highest BCUT2D eigenvalue weighted by Gasteiger charge is 2.46. The van der Waals surface area contributed by atoms with E-state index in [9.17, 15) is 10.1 Å². The van der Waals surface area contributed by atoms with Gasteiger partial charge >= 0.3 is 0 Å². The van der Waals surface area contributed by atoms with E-state index in [2.05, 4.69) is 16.6 Å². The summed E-state index contributed by atoms with van der Waals surface area (Å²) in [5, 5.41) is 17.6. The molecule has 0 aliphatic carbocycles. The van der Waals surface area contributed by atoms with E-state index in [0.717, 1.165) is 19.3 Å². The first-order valence-electron chi connectivity index (χ1n) is 8.06. The summed E-state index contributed by atoms with van der Waals surface area (Å²) in [7, 11) is 0. The molecule has 6 nitrogen and oxygen atoms in total. The zero-order chi connectivity index (χ0) is 17.6. The molecule has 3 atom stereocenters. The van der Waals surface area contributed by atoms with Crippen molar-refractivity contribution >= 4 is 29.1 Å². The molecule has 3 heterocycles. The van der Waals surface area contributed by atoms with Gasteiger partial charge < -0.3 is 10.2 Å². The highest BCUT2D eigenvalue weighted by atomic mass is 35.5. The van der Waals surface area contributed by atoms with Crippen molar-refractivity contribution in [1.82, 2.24) is 20.0 Å². The molecular formula is C17H15Cl2N5O. The van der Waals surface area contributed by atoms with E-state index < -0.39 is 0 Å². The molecule has 0 saturated carbocycles. The second-order valence-corrected chi connectivity index (χ2v) is 7.27. The molecule has 1 aromatic heterocycles. The number of hydrogen-bond donors (Lipinski definition) is 1. The van der Waals surface area contributed by atoms with Gasteiger partial charge in [-0.05, 0) is 43.5 Å². The molecule has 0 spiro atoms. The third-order valence-corrected chi connectivity index (χ3v) is 5.34. The number of fused-ring (bicyclic) bond motifs is 2. The summed E-state index contributed by atoms with van der Waals surface area (Å²) in [6.07, 6.45) is 6.72. The van der Waals surface area contributed by atoms with Crippen molar-refractivity contribution in [1.29, 1.82) is 5.26 Å². The summed E-state index contributed by atoms with van der Waals surface area (Å²) < 4.78 is 1.56. The van der Waals surface area contributed by atoms with E-state index in [1.165, 1.54) is 0 Å². The number of halogens is 2. The van der Waals surface area contributed by atoms with Crippen LogP contribution in [-0.4, -0.2) is 38.7 Å². The van der Waals surface area contributed by atoms with Gasteiger partial charge in [0.05, 0.1) is 17.8 Å². The van der Waals surface area contributed by atoms with E-state index in [1.54, 1.807) is 35.1 Å². The van der Waals surface area contributed by atoms with E-state index in [4.69, 9.17) is 23.2 Å². The average Bonchev–Trinajstić information content (AvgIpc) is 3.27. The smallest absolute Gasteiger partial charge is 0.272 e. The lowest BCUT2D eigenvalue weighted by Gasteiger charge is -2.21. The highest BCUT2D eigenvalue weighted by molar-refractivity contribution is 6.34. The second kappa shape index (κ2) is 6.25. The van der Waals surface area contributed by atoms with Crippen molar-refractivity contribution in [3.8, 4) is 11.9 Å². The minimum absolute atomic E-state index is 0.00309. The first kappa shape index (κ1) is 16.2. The Morgan fingerprint density at radius 1 is 1.28 bits per heavy atom. The molecule has 2 fully saturated rings. The Hall–Kier alpha value is -2.23. The lowest BCUT2D eigenvalue weighted by Crippen LogP contribution is -2.43. The lowest BCUT2D eigenvalue weighted by atomic mass is 9.95. The van der Waals surface area contributed by atoms with E-state index in [1.807, 2.05) is 4.90 Å². The van der Waals surface area contributed by atoms with Crippen LogP contribution in [0.25, 0.3) is 5.69 Å². The molecule has 2 aliphatic rings. The Morgan fingerprint density at radius 2 is 2.04 bits per heavy atom. The van der Waals surface area contributed by atoms with Crippen LogP contribution >= 0.6 is 23.2 Å². The minimum atomic E-state index is -0.234. The van der Waals surface area contributed by atoms with Gasteiger partial charge in [0.2, 0.25) is 0 Å². The average molecular weight is 376 g/mol. The van der Waals surface area contributed by atoms with Crippen molar-refractivity contribution in [2.24, 2.45) is 0 Å². The van der Waals surface area contributed by atoms with Crippen LogP contribution in [0.2, 0.25) is 10.0 Å². The summed E-state index contributed by atoms with van der Waals surface area (Å²) in [6.45, 7) is 0. The summed E-state index contributed by atoms with van der Waals surface area (Å²) >= 11 is 12.0. The quantitative estimate of drug-likeness (QED) is 0.836. The lowest BCUT2D eigenvalue weighted by molar-refractivity contribution is 0.0923. The van der Waals surface area contributed by atoms with Gasteiger partial charge in [-0.3, -0.25) is 4.79 Å². The van der Waals surface area contributed by atoms with Crippen LogP contribution in [0, 0.1) is 11.5 Å².